The zero-order valence-electron chi connectivity index (χ0n) is 41.8. The summed E-state index contributed by atoms with van der Waals surface area (Å²) < 4.78 is 26.4. The third-order valence-electron chi connectivity index (χ3n) is 15.8. The van der Waals surface area contributed by atoms with Crippen LogP contribution in [0.1, 0.15) is 33.4 Å². The van der Waals surface area contributed by atoms with Gasteiger partial charge in [-0.05, 0) is 194 Å². The van der Waals surface area contributed by atoms with Crippen molar-refractivity contribution in [3.63, 3.8) is 0 Å². The van der Waals surface area contributed by atoms with Crippen molar-refractivity contribution in [1.82, 2.24) is 0 Å². The fourth-order valence-electron chi connectivity index (χ4n) is 12.4. The van der Waals surface area contributed by atoms with Gasteiger partial charge in [0, 0.05) is 65.8 Å². The number of hydrogen-bond donors (Lipinski definition) is 0. The van der Waals surface area contributed by atoms with Crippen LogP contribution in [-0.4, -0.2) is 0 Å². The highest BCUT2D eigenvalue weighted by Crippen LogP contribution is 2.49. The summed E-state index contributed by atoms with van der Waals surface area (Å²) in [4.78, 5) is 4.84. The minimum Gasteiger partial charge on any atom is -0.456 e. The van der Waals surface area contributed by atoms with Crippen molar-refractivity contribution in [2.24, 2.45) is 0 Å². The highest BCUT2D eigenvalue weighted by Gasteiger charge is 2.26. The van der Waals surface area contributed by atoms with Crippen LogP contribution >= 0.6 is 0 Å². The molecular weight excluding hydrogens is 909 g/mol. The van der Waals surface area contributed by atoms with Crippen LogP contribution < -0.4 is 9.80 Å². The molecule has 6 heteroatoms. The van der Waals surface area contributed by atoms with Gasteiger partial charge < -0.3 is 27.5 Å². The zero-order chi connectivity index (χ0) is 49.7. The second-order valence-electron chi connectivity index (χ2n) is 20.3. The van der Waals surface area contributed by atoms with Crippen molar-refractivity contribution < 1.29 is 17.7 Å². The Hall–Kier alpha value is -9.26. The molecule has 0 fully saturated rings. The standard InChI is InChI=1S/C68H48N2O4/c1-37-15-7-11-19-53(37)69(67-39(3)29-61-63(41(67)5)49-17-9-13-21-55(49)71-61)47-25-23-43-33-51-59(35-45(43)31-47)73-57-27-28-58-66(65(51)57)52-34-44-24-26-48(32-46(44)36-60(52)74-58)70(54-20-12-8-16-38(54)2)68-40(4)30-62-64(42(68)6)50-18-10-14-22-56(50)72-62/h7-36H,1-6H3. The minimum absolute atomic E-state index is 0.830. The van der Waals surface area contributed by atoms with Crippen molar-refractivity contribution in [1.29, 1.82) is 0 Å². The normalized spacial score (nSPS) is 12.2. The summed E-state index contributed by atoms with van der Waals surface area (Å²) in [6.45, 7) is 13.2. The number of fused-ring (bicyclic) bond motifs is 15. The number of benzene rings is 11. The van der Waals surface area contributed by atoms with Gasteiger partial charge in [0.05, 0.1) is 11.4 Å². The summed E-state index contributed by atoms with van der Waals surface area (Å²) in [7, 11) is 0. The first-order chi connectivity index (χ1) is 36.1. The third-order valence-corrected chi connectivity index (χ3v) is 15.8. The van der Waals surface area contributed by atoms with Crippen LogP contribution in [-0.2, 0) is 0 Å². The van der Waals surface area contributed by atoms with E-state index < -0.39 is 0 Å². The second-order valence-corrected chi connectivity index (χ2v) is 20.3. The van der Waals surface area contributed by atoms with Crippen molar-refractivity contribution in [3.8, 4) is 0 Å². The quantitative estimate of drug-likeness (QED) is 0.165. The summed E-state index contributed by atoms with van der Waals surface area (Å²) in [5, 5.41) is 13.2. The van der Waals surface area contributed by atoms with Crippen molar-refractivity contribution in [2.75, 3.05) is 9.80 Å². The minimum atomic E-state index is 0.830. The summed E-state index contributed by atoms with van der Waals surface area (Å²) >= 11 is 0. The molecule has 0 saturated carbocycles. The van der Waals surface area contributed by atoms with Crippen molar-refractivity contribution >= 4 is 143 Å². The fraction of sp³-hybridized carbons (Fsp3) is 0.0882. The van der Waals surface area contributed by atoms with Gasteiger partial charge in [0.15, 0.2) is 0 Å². The van der Waals surface area contributed by atoms with Crippen LogP contribution in [0, 0.1) is 41.5 Å². The predicted molar refractivity (Wildman–Crippen MR) is 308 cm³/mol. The summed E-state index contributed by atoms with van der Waals surface area (Å²) in [5.41, 5.74) is 20.6. The topological polar surface area (TPSA) is 59.0 Å². The van der Waals surface area contributed by atoms with Gasteiger partial charge in [0.1, 0.15) is 44.7 Å². The SMILES string of the molecule is Cc1ccccc1N(c1ccc2cc3c(cc2c1)oc1ccc2oc4cc5cc(N(c6ccccc6C)c6c(C)cc7oc8ccccc8c7c6C)ccc5cc4c2c13)c1c(C)cc2oc3ccccc3c2c1C. The summed E-state index contributed by atoms with van der Waals surface area (Å²) in [6.07, 6.45) is 0. The van der Waals surface area contributed by atoms with Crippen LogP contribution in [0.3, 0.4) is 0 Å². The Morgan fingerprint density at radius 2 is 0.676 bits per heavy atom. The maximum absolute atomic E-state index is 6.80. The van der Waals surface area contributed by atoms with E-state index in [-0.39, 0.29) is 0 Å². The molecule has 0 atom stereocenters. The van der Waals surface area contributed by atoms with E-state index in [0.717, 1.165) is 155 Å². The molecule has 354 valence electrons. The monoisotopic (exact) mass is 956 g/mol. The Morgan fingerprint density at radius 3 is 1.12 bits per heavy atom. The molecule has 15 aromatic rings. The molecule has 11 aromatic carbocycles. The lowest BCUT2D eigenvalue weighted by Gasteiger charge is -2.30. The first-order valence-corrected chi connectivity index (χ1v) is 25.4. The molecule has 6 nitrogen and oxygen atoms in total. The molecule has 0 amide bonds. The molecule has 0 N–H and O–H groups in total. The van der Waals surface area contributed by atoms with E-state index in [1.165, 1.54) is 22.3 Å². The van der Waals surface area contributed by atoms with Crippen molar-refractivity contribution in [2.45, 2.75) is 41.5 Å². The molecule has 0 radical (unpaired) electrons. The maximum Gasteiger partial charge on any atom is 0.136 e. The summed E-state index contributed by atoms with van der Waals surface area (Å²) in [6, 6.07) is 65.0. The predicted octanol–water partition coefficient (Wildman–Crippen LogP) is 20.4. The molecule has 0 aliphatic carbocycles. The van der Waals surface area contributed by atoms with E-state index in [0.29, 0.717) is 0 Å². The first kappa shape index (κ1) is 42.4. The average molecular weight is 957 g/mol. The molecule has 0 aliphatic heterocycles. The number of rotatable bonds is 6. The summed E-state index contributed by atoms with van der Waals surface area (Å²) in [5.74, 6) is 0. The van der Waals surface area contributed by atoms with E-state index in [2.05, 4.69) is 221 Å². The molecule has 74 heavy (non-hydrogen) atoms. The molecule has 4 heterocycles. The Bertz CT molecular complexity index is 4580. The molecule has 0 spiro atoms. The van der Waals surface area contributed by atoms with Gasteiger partial charge in [-0.15, -0.1) is 0 Å². The van der Waals surface area contributed by atoms with Crippen LogP contribution in [0.5, 0.6) is 0 Å². The number of aryl methyl sites for hydroxylation is 6. The Kier molecular flexibility index (Phi) is 8.95. The van der Waals surface area contributed by atoms with E-state index >= 15 is 0 Å². The molecular formula is C68H48N2O4. The van der Waals surface area contributed by atoms with Crippen LogP contribution in [0.4, 0.5) is 34.1 Å². The van der Waals surface area contributed by atoms with E-state index in [4.69, 9.17) is 17.7 Å². The lowest BCUT2D eigenvalue weighted by atomic mass is 9.98. The molecule has 4 aromatic heterocycles. The van der Waals surface area contributed by atoms with E-state index in [1.54, 1.807) is 0 Å². The number of nitrogens with zero attached hydrogens (tertiary/aromatic N) is 2. The molecule has 15 rings (SSSR count). The number of anilines is 6. The number of hydrogen-bond acceptors (Lipinski definition) is 6. The Balaban J connectivity index is 0.874. The van der Waals surface area contributed by atoms with Gasteiger partial charge in [-0.1, -0.05) is 84.9 Å². The highest BCUT2D eigenvalue weighted by atomic mass is 16.3. The molecule has 0 aliphatic rings. The third kappa shape index (κ3) is 6.12. The van der Waals surface area contributed by atoms with E-state index in [9.17, 15) is 0 Å². The van der Waals surface area contributed by atoms with Crippen LogP contribution in [0.15, 0.2) is 200 Å². The largest absolute Gasteiger partial charge is 0.456 e. The lowest BCUT2D eigenvalue weighted by Crippen LogP contribution is -2.14. The number of para-hydroxylation sites is 4. The smallest absolute Gasteiger partial charge is 0.136 e. The maximum atomic E-state index is 6.80. The molecule has 0 unspecified atom stereocenters. The highest BCUT2D eigenvalue weighted by molar-refractivity contribution is 6.28. The van der Waals surface area contributed by atoms with Gasteiger partial charge >= 0.3 is 0 Å². The zero-order valence-corrected chi connectivity index (χ0v) is 41.8. The first-order valence-electron chi connectivity index (χ1n) is 25.4. The number of furan rings is 4. The van der Waals surface area contributed by atoms with Gasteiger partial charge in [0.25, 0.3) is 0 Å². The van der Waals surface area contributed by atoms with Gasteiger partial charge in [0.2, 0.25) is 0 Å². The van der Waals surface area contributed by atoms with Crippen LogP contribution in [0.2, 0.25) is 0 Å². The van der Waals surface area contributed by atoms with Crippen LogP contribution in [0.25, 0.3) is 109 Å². The van der Waals surface area contributed by atoms with Gasteiger partial charge in [-0.2, -0.15) is 0 Å². The Morgan fingerprint density at radius 1 is 0.270 bits per heavy atom. The lowest BCUT2D eigenvalue weighted by molar-refractivity contribution is 0.663. The molecule has 0 saturated heterocycles. The average Bonchev–Trinajstić information content (AvgIpc) is 4.23. The second kappa shape index (κ2) is 15.6. The molecule has 0 bridgehead atoms. The van der Waals surface area contributed by atoms with E-state index in [1.807, 2.05) is 12.1 Å². The van der Waals surface area contributed by atoms with Gasteiger partial charge in [-0.3, -0.25) is 0 Å². The van der Waals surface area contributed by atoms with Crippen molar-refractivity contribution in [3.05, 3.63) is 215 Å². The fourth-order valence-corrected chi connectivity index (χ4v) is 12.4. The van der Waals surface area contributed by atoms with Gasteiger partial charge in [-0.25, -0.2) is 0 Å². The Labute approximate surface area is 425 Å².